The fraction of sp³-hybridized carbons (Fsp3) is 0.241. The van der Waals surface area contributed by atoms with Crippen LogP contribution in [0.15, 0.2) is 60.7 Å². The largest absolute Gasteiger partial charge is 0.457 e. The van der Waals surface area contributed by atoms with E-state index in [1.807, 2.05) is 43.3 Å². The third-order valence-electron chi connectivity index (χ3n) is 6.50. The van der Waals surface area contributed by atoms with E-state index in [2.05, 4.69) is 0 Å². The number of thiophene rings is 1. The number of rotatable bonds is 4. The van der Waals surface area contributed by atoms with Crippen molar-refractivity contribution < 1.29 is 19.1 Å². The smallest absolute Gasteiger partial charge is 0.349 e. The predicted octanol–water partition coefficient (Wildman–Crippen LogP) is 5.32. The van der Waals surface area contributed by atoms with E-state index in [-0.39, 0.29) is 4.88 Å². The minimum atomic E-state index is -1.54. The minimum Gasteiger partial charge on any atom is -0.457 e. The highest BCUT2D eigenvalue weighted by atomic mass is 32.1. The highest BCUT2D eigenvalue weighted by Crippen LogP contribution is 2.50. The Hall–Kier alpha value is -3.72. The van der Waals surface area contributed by atoms with Crippen LogP contribution in [0.5, 0.6) is 11.5 Å². The summed E-state index contributed by atoms with van der Waals surface area (Å²) in [5, 5.41) is 0.643. The summed E-state index contributed by atoms with van der Waals surface area (Å²) in [5.74, 6) is 0.370. The van der Waals surface area contributed by atoms with Gasteiger partial charge in [0, 0.05) is 16.6 Å². The number of ether oxygens (including phenoxy) is 2. The van der Waals surface area contributed by atoms with Gasteiger partial charge in [0.25, 0.3) is 0 Å². The van der Waals surface area contributed by atoms with E-state index in [0.717, 1.165) is 5.56 Å². The molecule has 4 aromatic rings. The zero-order chi connectivity index (χ0) is 26.7. The molecule has 0 spiro atoms. The number of carbonyl (C=O) groups excluding carboxylic acids is 2. The third kappa shape index (κ3) is 4.07. The maximum absolute atomic E-state index is 14.0. The fourth-order valence-corrected chi connectivity index (χ4v) is 6.08. The molecule has 1 aliphatic rings. The average Bonchev–Trinajstić information content (AvgIpc) is 3.24. The molecule has 0 aliphatic heterocycles. The van der Waals surface area contributed by atoms with Crippen LogP contribution in [0.2, 0.25) is 0 Å². The number of aryl methyl sites for hydroxylation is 1. The molecular formula is C29H29N3O4S. The Labute approximate surface area is 219 Å². The van der Waals surface area contributed by atoms with Gasteiger partial charge in [0.2, 0.25) is 0 Å². The van der Waals surface area contributed by atoms with Crippen LogP contribution in [-0.4, -0.2) is 17.4 Å². The van der Waals surface area contributed by atoms with Crippen molar-refractivity contribution in [2.24, 2.45) is 11.5 Å². The summed E-state index contributed by atoms with van der Waals surface area (Å²) in [5.41, 5.74) is 20.4. The molecule has 8 heteroatoms. The summed E-state index contributed by atoms with van der Waals surface area (Å²) < 4.78 is 12.2. The maximum atomic E-state index is 14.0. The topological polar surface area (TPSA) is 131 Å². The number of anilines is 1. The number of hydrogen-bond donors (Lipinski definition) is 3. The van der Waals surface area contributed by atoms with Gasteiger partial charge in [0.05, 0.1) is 10.7 Å². The molecule has 7 nitrogen and oxygen atoms in total. The normalized spacial score (nSPS) is 19.2. The van der Waals surface area contributed by atoms with Gasteiger partial charge in [-0.25, -0.2) is 4.79 Å². The molecule has 0 fully saturated rings. The monoisotopic (exact) mass is 515 g/mol. The Balaban J connectivity index is 1.67. The number of ketones is 1. The van der Waals surface area contributed by atoms with Crippen LogP contribution in [0, 0.1) is 6.92 Å². The number of carbonyl (C=O) groups is 2. The lowest BCUT2D eigenvalue weighted by Crippen LogP contribution is -2.52. The van der Waals surface area contributed by atoms with Crippen molar-refractivity contribution in [3.8, 4) is 11.5 Å². The molecule has 0 radical (unpaired) electrons. The van der Waals surface area contributed by atoms with Gasteiger partial charge in [0.15, 0.2) is 5.78 Å². The molecule has 3 aromatic carbocycles. The van der Waals surface area contributed by atoms with Crippen LogP contribution in [0.3, 0.4) is 0 Å². The van der Waals surface area contributed by atoms with Gasteiger partial charge >= 0.3 is 5.97 Å². The molecule has 1 aromatic heterocycles. The summed E-state index contributed by atoms with van der Waals surface area (Å²) in [4.78, 5) is 27.4. The molecule has 6 N–H and O–H groups in total. The molecule has 2 unspecified atom stereocenters. The minimum absolute atomic E-state index is 0.273. The van der Waals surface area contributed by atoms with E-state index < -0.39 is 28.9 Å². The molecule has 0 amide bonds. The van der Waals surface area contributed by atoms with Gasteiger partial charge in [0.1, 0.15) is 27.5 Å². The second kappa shape index (κ2) is 8.69. The third-order valence-corrected chi connectivity index (χ3v) is 7.73. The molecule has 37 heavy (non-hydrogen) atoms. The lowest BCUT2D eigenvalue weighted by Gasteiger charge is -2.37. The fourth-order valence-electron chi connectivity index (χ4n) is 4.90. The van der Waals surface area contributed by atoms with Gasteiger partial charge in [-0.05, 0) is 74.7 Å². The van der Waals surface area contributed by atoms with E-state index >= 15 is 0 Å². The highest BCUT2D eigenvalue weighted by Gasteiger charge is 2.49. The number of nitrogens with two attached hydrogens (primary N) is 3. The van der Waals surface area contributed by atoms with Crippen LogP contribution < -0.4 is 21.9 Å². The molecule has 190 valence electrons. The van der Waals surface area contributed by atoms with E-state index in [1.165, 1.54) is 11.3 Å². The lowest BCUT2D eigenvalue weighted by molar-refractivity contribution is -0.124. The van der Waals surface area contributed by atoms with Crippen molar-refractivity contribution in [1.82, 2.24) is 0 Å². The molecule has 1 aliphatic carbocycles. The second-order valence-electron chi connectivity index (χ2n) is 10.3. The Kier molecular flexibility index (Phi) is 5.86. The van der Waals surface area contributed by atoms with Crippen LogP contribution in [0.4, 0.5) is 5.69 Å². The van der Waals surface area contributed by atoms with Crippen LogP contribution >= 0.6 is 11.3 Å². The summed E-state index contributed by atoms with van der Waals surface area (Å²) in [6, 6.07) is 17.2. The molecule has 0 saturated carbocycles. The number of para-hydroxylation sites is 1. The number of Topliss-reactive ketones (excluding diaryl/α,β-unsaturated/α-hetero) is 1. The molecule has 1 heterocycles. The van der Waals surface area contributed by atoms with Crippen molar-refractivity contribution in [2.75, 3.05) is 5.73 Å². The maximum Gasteiger partial charge on any atom is 0.349 e. The highest BCUT2D eigenvalue weighted by molar-refractivity contribution is 7.21. The van der Waals surface area contributed by atoms with E-state index in [1.54, 1.807) is 45.0 Å². The van der Waals surface area contributed by atoms with E-state index in [0.29, 0.717) is 44.0 Å². The summed E-state index contributed by atoms with van der Waals surface area (Å²) >= 11 is 1.18. The van der Waals surface area contributed by atoms with Crippen LogP contribution in [0.25, 0.3) is 10.1 Å². The van der Waals surface area contributed by atoms with Gasteiger partial charge in [-0.1, -0.05) is 30.3 Å². The summed E-state index contributed by atoms with van der Waals surface area (Å²) in [6.45, 7) is 7.23. The summed E-state index contributed by atoms with van der Waals surface area (Å²) in [7, 11) is 0. The average molecular weight is 516 g/mol. The zero-order valence-corrected chi connectivity index (χ0v) is 21.9. The van der Waals surface area contributed by atoms with E-state index in [9.17, 15) is 9.59 Å². The zero-order valence-electron chi connectivity index (χ0n) is 21.1. The van der Waals surface area contributed by atoms with Gasteiger partial charge in [-0.15, -0.1) is 11.3 Å². The Morgan fingerprint density at radius 3 is 2.32 bits per heavy atom. The standard InChI is InChI=1S/C29H29N3O4S/c1-15-14-17(35-16-8-6-5-7-9-16)10-11-18(15)29(32)19-12-13-20(30)24-21(19)22(23(31)26(29)33)25(37-24)27(34)36-28(2,3)4/h5-14,23H,30-32H2,1-4H3. The van der Waals surface area contributed by atoms with Crippen molar-refractivity contribution in [2.45, 2.75) is 44.9 Å². The number of benzene rings is 3. The Bertz CT molecular complexity index is 1560. The predicted molar refractivity (Wildman–Crippen MR) is 146 cm³/mol. The number of nitrogen functional groups attached to an aromatic ring is 1. The molecule has 5 rings (SSSR count). The quantitative estimate of drug-likeness (QED) is 0.247. The van der Waals surface area contributed by atoms with Gasteiger partial charge in [-0.3, -0.25) is 4.79 Å². The Morgan fingerprint density at radius 1 is 1.00 bits per heavy atom. The van der Waals surface area contributed by atoms with Crippen LogP contribution in [0.1, 0.15) is 58.7 Å². The second-order valence-corrected chi connectivity index (χ2v) is 11.3. The van der Waals surface area contributed by atoms with Crippen molar-refractivity contribution >= 4 is 38.9 Å². The summed E-state index contributed by atoms with van der Waals surface area (Å²) in [6.07, 6.45) is 0. The molecule has 0 saturated heterocycles. The number of hydrogen-bond acceptors (Lipinski definition) is 8. The Morgan fingerprint density at radius 2 is 1.68 bits per heavy atom. The first kappa shape index (κ1) is 25.0. The van der Waals surface area contributed by atoms with Crippen molar-refractivity contribution in [1.29, 1.82) is 0 Å². The van der Waals surface area contributed by atoms with Crippen LogP contribution in [-0.2, 0) is 15.1 Å². The lowest BCUT2D eigenvalue weighted by atomic mass is 9.69. The SMILES string of the molecule is Cc1cc(Oc2ccccc2)ccc1C1(N)C(=O)C(N)c2c(C(=O)OC(C)(C)C)sc3c(N)ccc1c23. The van der Waals surface area contributed by atoms with Crippen molar-refractivity contribution in [3.05, 3.63) is 87.8 Å². The van der Waals surface area contributed by atoms with Gasteiger partial charge < -0.3 is 26.7 Å². The van der Waals surface area contributed by atoms with E-state index in [4.69, 9.17) is 26.7 Å². The molecular weight excluding hydrogens is 486 g/mol. The number of esters is 1. The molecule has 2 atom stereocenters. The first-order valence-electron chi connectivity index (χ1n) is 11.9. The first-order chi connectivity index (χ1) is 17.4. The van der Waals surface area contributed by atoms with Crippen molar-refractivity contribution in [3.63, 3.8) is 0 Å². The first-order valence-corrected chi connectivity index (χ1v) is 12.7. The van der Waals surface area contributed by atoms with Gasteiger partial charge in [-0.2, -0.15) is 0 Å². The molecule has 0 bridgehead atoms.